The van der Waals surface area contributed by atoms with Crippen molar-refractivity contribution < 1.29 is 9.90 Å². The molecule has 0 saturated carbocycles. The second-order valence-corrected chi connectivity index (χ2v) is 5.61. The summed E-state index contributed by atoms with van der Waals surface area (Å²) in [5.74, 6) is 0.299. The number of fused-ring (bicyclic) bond motifs is 2. The quantitative estimate of drug-likeness (QED) is 0.762. The molecule has 98 valence electrons. The molecule has 0 spiro atoms. The Morgan fingerprint density at radius 2 is 1.94 bits per heavy atom. The number of nitrogens with zero attached hydrogens (tertiary/aromatic N) is 1. The van der Waals surface area contributed by atoms with Crippen LogP contribution >= 0.6 is 0 Å². The maximum absolute atomic E-state index is 11.9. The lowest BCUT2D eigenvalue weighted by molar-refractivity contribution is -0.127. The van der Waals surface area contributed by atoms with Crippen LogP contribution < -0.4 is 5.32 Å². The molecule has 3 atom stereocenters. The van der Waals surface area contributed by atoms with Crippen molar-refractivity contribution in [2.45, 2.75) is 57.7 Å². The zero-order chi connectivity index (χ0) is 12.4. The standard InChI is InChI=1S/C13H24N2O2/c1-9(2)15-11-3-4-12(15)8-10(7-11)13(17)14-5-6-16/h9-12,16H,3-8H2,1-2H3,(H,14,17)/t10?,11-,12+. The molecule has 1 unspecified atom stereocenters. The van der Waals surface area contributed by atoms with E-state index in [-0.39, 0.29) is 18.4 Å². The van der Waals surface area contributed by atoms with Crippen LogP contribution in [0, 0.1) is 5.92 Å². The maximum atomic E-state index is 11.9. The molecule has 2 aliphatic rings. The van der Waals surface area contributed by atoms with Crippen molar-refractivity contribution >= 4 is 5.91 Å². The molecule has 0 aliphatic carbocycles. The predicted molar refractivity (Wildman–Crippen MR) is 66.6 cm³/mol. The van der Waals surface area contributed by atoms with Crippen LogP contribution in [0.25, 0.3) is 0 Å². The molecule has 0 radical (unpaired) electrons. The summed E-state index contributed by atoms with van der Waals surface area (Å²) in [4.78, 5) is 14.5. The number of carbonyl (C=O) groups excluding carboxylic acids is 1. The van der Waals surface area contributed by atoms with Crippen LogP contribution in [-0.4, -0.2) is 47.2 Å². The Balaban J connectivity index is 1.93. The summed E-state index contributed by atoms with van der Waals surface area (Å²) in [5, 5.41) is 11.5. The molecule has 4 heteroatoms. The minimum Gasteiger partial charge on any atom is -0.395 e. The summed E-state index contributed by atoms with van der Waals surface area (Å²) < 4.78 is 0. The van der Waals surface area contributed by atoms with Crippen LogP contribution in [-0.2, 0) is 4.79 Å². The summed E-state index contributed by atoms with van der Waals surface area (Å²) in [6, 6.07) is 1.78. The van der Waals surface area contributed by atoms with Gasteiger partial charge >= 0.3 is 0 Å². The topological polar surface area (TPSA) is 52.6 Å². The van der Waals surface area contributed by atoms with Crippen LogP contribution in [0.4, 0.5) is 0 Å². The van der Waals surface area contributed by atoms with Crippen molar-refractivity contribution in [2.24, 2.45) is 5.92 Å². The van der Waals surface area contributed by atoms with Gasteiger partial charge in [-0.1, -0.05) is 0 Å². The van der Waals surface area contributed by atoms with Crippen LogP contribution in [0.1, 0.15) is 39.5 Å². The molecule has 17 heavy (non-hydrogen) atoms. The van der Waals surface area contributed by atoms with Crippen molar-refractivity contribution in [3.8, 4) is 0 Å². The molecule has 2 rings (SSSR count). The van der Waals surface area contributed by atoms with Gasteiger partial charge in [-0.05, 0) is 39.5 Å². The number of hydrogen-bond donors (Lipinski definition) is 2. The monoisotopic (exact) mass is 240 g/mol. The second-order valence-electron chi connectivity index (χ2n) is 5.61. The highest BCUT2D eigenvalue weighted by Gasteiger charge is 2.43. The zero-order valence-corrected chi connectivity index (χ0v) is 10.9. The van der Waals surface area contributed by atoms with Gasteiger partial charge in [0, 0.05) is 30.6 Å². The number of carbonyl (C=O) groups is 1. The lowest BCUT2D eigenvalue weighted by atomic mass is 9.89. The molecule has 2 N–H and O–H groups in total. The van der Waals surface area contributed by atoms with Crippen LogP contribution in [0.5, 0.6) is 0 Å². The van der Waals surface area contributed by atoms with E-state index in [4.69, 9.17) is 5.11 Å². The number of rotatable bonds is 4. The highest BCUT2D eigenvalue weighted by molar-refractivity contribution is 5.78. The predicted octanol–water partition coefficient (Wildman–Crippen LogP) is 0.746. The number of piperidine rings is 1. The van der Waals surface area contributed by atoms with E-state index in [0.29, 0.717) is 24.7 Å². The fraction of sp³-hybridized carbons (Fsp3) is 0.923. The second kappa shape index (κ2) is 5.36. The van der Waals surface area contributed by atoms with Gasteiger partial charge in [0.25, 0.3) is 0 Å². The van der Waals surface area contributed by atoms with E-state index in [1.54, 1.807) is 0 Å². The summed E-state index contributed by atoms with van der Waals surface area (Å²) in [6.07, 6.45) is 4.47. The highest BCUT2D eigenvalue weighted by Crippen LogP contribution is 2.39. The van der Waals surface area contributed by atoms with Gasteiger partial charge in [-0.3, -0.25) is 9.69 Å². The normalized spacial score (nSPS) is 33.1. The van der Waals surface area contributed by atoms with Gasteiger partial charge < -0.3 is 10.4 Å². The fourth-order valence-corrected chi connectivity index (χ4v) is 3.59. The Bertz CT molecular complexity index is 267. The number of amides is 1. The maximum Gasteiger partial charge on any atom is 0.223 e. The van der Waals surface area contributed by atoms with Gasteiger partial charge in [0.15, 0.2) is 0 Å². The first-order chi connectivity index (χ1) is 8.13. The van der Waals surface area contributed by atoms with E-state index in [9.17, 15) is 4.79 Å². The fourth-order valence-electron chi connectivity index (χ4n) is 3.59. The van der Waals surface area contributed by atoms with Crippen molar-refractivity contribution in [3.63, 3.8) is 0 Å². The molecule has 2 aliphatic heterocycles. The van der Waals surface area contributed by atoms with E-state index < -0.39 is 0 Å². The third kappa shape index (κ3) is 2.63. The molecular formula is C13H24N2O2. The molecule has 0 aromatic heterocycles. The Labute approximate surface area is 103 Å². The molecular weight excluding hydrogens is 216 g/mol. The largest absolute Gasteiger partial charge is 0.395 e. The average Bonchev–Trinajstić information content (AvgIpc) is 2.57. The van der Waals surface area contributed by atoms with E-state index in [2.05, 4.69) is 24.1 Å². The van der Waals surface area contributed by atoms with Gasteiger partial charge in [0.2, 0.25) is 5.91 Å². The summed E-state index contributed by atoms with van der Waals surface area (Å²) in [6.45, 7) is 4.91. The van der Waals surface area contributed by atoms with Gasteiger partial charge in [-0.15, -0.1) is 0 Å². The first kappa shape index (κ1) is 12.8. The number of nitrogens with one attached hydrogen (secondary N) is 1. The third-order valence-corrected chi connectivity index (χ3v) is 4.17. The van der Waals surface area contributed by atoms with E-state index >= 15 is 0 Å². The average molecular weight is 240 g/mol. The SMILES string of the molecule is CC(C)N1[C@@H]2CC[C@H]1CC(C(=O)NCCO)C2. The number of aliphatic hydroxyl groups excluding tert-OH is 1. The lowest BCUT2D eigenvalue weighted by Gasteiger charge is -2.41. The smallest absolute Gasteiger partial charge is 0.223 e. The van der Waals surface area contributed by atoms with Crippen molar-refractivity contribution in [3.05, 3.63) is 0 Å². The van der Waals surface area contributed by atoms with Crippen molar-refractivity contribution in [2.75, 3.05) is 13.2 Å². The first-order valence-corrected chi connectivity index (χ1v) is 6.79. The van der Waals surface area contributed by atoms with E-state index in [1.807, 2.05) is 0 Å². The summed E-state index contributed by atoms with van der Waals surface area (Å²) >= 11 is 0. The summed E-state index contributed by atoms with van der Waals surface area (Å²) in [5.41, 5.74) is 0. The molecule has 0 aromatic carbocycles. The molecule has 2 heterocycles. The highest BCUT2D eigenvalue weighted by atomic mass is 16.3. The van der Waals surface area contributed by atoms with Gasteiger partial charge in [0.05, 0.1) is 6.61 Å². The van der Waals surface area contributed by atoms with Crippen LogP contribution in [0.3, 0.4) is 0 Å². The molecule has 2 saturated heterocycles. The van der Waals surface area contributed by atoms with Gasteiger partial charge in [-0.2, -0.15) is 0 Å². The first-order valence-electron chi connectivity index (χ1n) is 6.79. The minimum absolute atomic E-state index is 0.0312. The Morgan fingerprint density at radius 1 is 1.35 bits per heavy atom. The van der Waals surface area contributed by atoms with Crippen molar-refractivity contribution in [1.82, 2.24) is 10.2 Å². The summed E-state index contributed by atoms with van der Waals surface area (Å²) in [7, 11) is 0. The Morgan fingerprint density at radius 3 is 2.41 bits per heavy atom. The minimum atomic E-state index is 0.0312. The van der Waals surface area contributed by atoms with Crippen LogP contribution in [0.2, 0.25) is 0 Å². The van der Waals surface area contributed by atoms with Gasteiger partial charge in [-0.25, -0.2) is 0 Å². The molecule has 4 nitrogen and oxygen atoms in total. The number of aliphatic hydroxyl groups is 1. The van der Waals surface area contributed by atoms with E-state index in [1.165, 1.54) is 12.8 Å². The third-order valence-electron chi connectivity index (χ3n) is 4.17. The van der Waals surface area contributed by atoms with Crippen LogP contribution in [0.15, 0.2) is 0 Å². The van der Waals surface area contributed by atoms with Gasteiger partial charge in [0.1, 0.15) is 0 Å². The molecule has 2 bridgehead atoms. The lowest BCUT2D eigenvalue weighted by Crippen LogP contribution is -2.49. The van der Waals surface area contributed by atoms with Crippen molar-refractivity contribution in [1.29, 1.82) is 0 Å². The molecule has 1 amide bonds. The molecule has 0 aromatic rings. The Hall–Kier alpha value is -0.610. The zero-order valence-electron chi connectivity index (χ0n) is 10.9. The Kier molecular flexibility index (Phi) is 4.05. The van der Waals surface area contributed by atoms with E-state index in [0.717, 1.165) is 12.8 Å². The molecule has 2 fully saturated rings. The number of hydrogen-bond acceptors (Lipinski definition) is 3.